The van der Waals surface area contributed by atoms with Crippen molar-refractivity contribution >= 4 is 28.6 Å². The maximum Gasteiger partial charge on any atom is 0.306 e. The summed E-state index contributed by atoms with van der Waals surface area (Å²) in [5.74, 6) is 0.487. The Bertz CT molecular complexity index is 136. The van der Waals surface area contributed by atoms with E-state index in [1.807, 2.05) is 0 Å². The molecule has 1 rings (SSSR count). The van der Waals surface area contributed by atoms with E-state index in [9.17, 15) is 4.79 Å². The van der Waals surface area contributed by atoms with Crippen LogP contribution in [0.3, 0.4) is 0 Å². The van der Waals surface area contributed by atoms with Gasteiger partial charge in [0.2, 0.25) is 0 Å². The summed E-state index contributed by atoms with van der Waals surface area (Å²) in [4.78, 5) is 10.8. The van der Waals surface area contributed by atoms with Gasteiger partial charge in [-0.2, -0.15) is 0 Å². The molecular formula is C7H11IO2. The first-order valence-corrected chi connectivity index (χ1v) is 5.00. The second kappa shape index (κ2) is 3.55. The summed E-state index contributed by atoms with van der Waals surface area (Å²) in [6.07, 6.45) is 1.82. The molecule has 1 saturated heterocycles. The van der Waals surface area contributed by atoms with Crippen molar-refractivity contribution in [1.29, 1.82) is 0 Å². The zero-order chi connectivity index (χ0) is 7.56. The quantitative estimate of drug-likeness (QED) is 0.405. The zero-order valence-electron chi connectivity index (χ0n) is 5.97. The van der Waals surface area contributed by atoms with Crippen LogP contribution in [0.4, 0.5) is 0 Å². The third-order valence-corrected chi connectivity index (χ3v) is 2.63. The van der Waals surface area contributed by atoms with E-state index in [4.69, 9.17) is 4.74 Å². The second-order valence-corrected chi connectivity index (χ2v) is 3.69. The van der Waals surface area contributed by atoms with Crippen LogP contribution in [0.15, 0.2) is 0 Å². The van der Waals surface area contributed by atoms with E-state index >= 15 is 0 Å². The second-order valence-electron chi connectivity index (χ2n) is 2.81. The summed E-state index contributed by atoms with van der Waals surface area (Å²) in [6.45, 7) is 2.10. The van der Waals surface area contributed by atoms with E-state index in [1.165, 1.54) is 0 Å². The lowest BCUT2D eigenvalue weighted by atomic mass is 9.98. The average molecular weight is 254 g/mol. The van der Waals surface area contributed by atoms with Crippen LogP contribution in [-0.2, 0) is 9.53 Å². The van der Waals surface area contributed by atoms with Gasteiger partial charge >= 0.3 is 5.97 Å². The van der Waals surface area contributed by atoms with Crippen LogP contribution in [0, 0.1) is 5.92 Å². The number of hydrogen-bond acceptors (Lipinski definition) is 2. The maximum atomic E-state index is 10.8. The molecule has 0 spiro atoms. The molecule has 2 nitrogen and oxygen atoms in total. The molecule has 0 aromatic heterocycles. The van der Waals surface area contributed by atoms with Gasteiger partial charge in [-0.3, -0.25) is 4.79 Å². The predicted octanol–water partition coefficient (Wildman–Crippen LogP) is 1.76. The molecule has 0 N–H and O–H groups in total. The highest BCUT2D eigenvalue weighted by Gasteiger charge is 2.24. The van der Waals surface area contributed by atoms with E-state index < -0.39 is 0 Å². The number of alkyl halides is 1. The zero-order valence-corrected chi connectivity index (χ0v) is 8.13. The lowest BCUT2D eigenvalue weighted by Gasteiger charge is -2.24. The molecule has 3 heteroatoms. The van der Waals surface area contributed by atoms with Gasteiger partial charge in [0.25, 0.3) is 0 Å². The van der Waals surface area contributed by atoms with Crippen molar-refractivity contribution in [3.63, 3.8) is 0 Å². The summed E-state index contributed by atoms with van der Waals surface area (Å²) in [7, 11) is 0. The molecule has 0 radical (unpaired) electrons. The highest BCUT2D eigenvalue weighted by atomic mass is 127. The molecule has 1 aliphatic heterocycles. The number of rotatable bonds is 1. The number of hydrogen-bond donors (Lipinski definition) is 0. The molecule has 0 saturated carbocycles. The molecule has 2 atom stereocenters. The Morgan fingerprint density at radius 2 is 2.50 bits per heavy atom. The molecule has 58 valence electrons. The minimum atomic E-state index is -0.0274. The summed E-state index contributed by atoms with van der Waals surface area (Å²) in [5.41, 5.74) is 0. The van der Waals surface area contributed by atoms with Gasteiger partial charge in [0.1, 0.15) is 6.10 Å². The van der Waals surface area contributed by atoms with Crippen LogP contribution in [-0.4, -0.2) is 16.5 Å². The van der Waals surface area contributed by atoms with E-state index in [0.29, 0.717) is 12.3 Å². The lowest BCUT2D eigenvalue weighted by Crippen LogP contribution is -2.29. The lowest BCUT2D eigenvalue weighted by molar-refractivity contribution is -0.154. The fraction of sp³-hybridized carbons (Fsp3) is 0.857. The molecule has 0 bridgehead atoms. The smallest absolute Gasteiger partial charge is 0.306 e. The Morgan fingerprint density at radius 3 is 3.00 bits per heavy atom. The SMILES string of the molecule is C[C@@H]1CC(=O)O[C@H](CI)C1. The van der Waals surface area contributed by atoms with Gasteiger partial charge in [-0.25, -0.2) is 0 Å². The van der Waals surface area contributed by atoms with Crippen molar-refractivity contribution in [3.8, 4) is 0 Å². The van der Waals surface area contributed by atoms with Crippen molar-refractivity contribution in [3.05, 3.63) is 0 Å². The number of cyclic esters (lactones) is 1. The highest BCUT2D eigenvalue weighted by molar-refractivity contribution is 14.1. The average Bonchev–Trinajstić information content (AvgIpc) is 1.85. The first-order chi connectivity index (χ1) is 4.72. The van der Waals surface area contributed by atoms with Crippen molar-refractivity contribution in [2.75, 3.05) is 4.43 Å². The third-order valence-electron chi connectivity index (χ3n) is 1.65. The maximum absolute atomic E-state index is 10.8. The molecule has 0 amide bonds. The molecule has 0 aliphatic carbocycles. The molecule has 0 aromatic carbocycles. The Balaban J connectivity index is 2.42. The Hall–Kier alpha value is 0.200. The third kappa shape index (κ3) is 2.11. The van der Waals surface area contributed by atoms with Gasteiger partial charge < -0.3 is 4.74 Å². The minimum absolute atomic E-state index is 0.0274. The largest absolute Gasteiger partial charge is 0.462 e. The first-order valence-electron chi connectivity index (χ1n) is 3.48. The van der Waals surface area contributed by atoms with Crippen LogP contribution in [0.5, 0.6) is 0 Å². The standard InChI is InChI=1S/C7H11IO2/c1-5-2-6(4-8)10-7(9)3-5/h5-6H,2-4H2,1H3/t5-,6-/m0/s1. The molecule has 0 unspecified atom stereocenters. The molecular weight excluding hydrogens is 243 g/mol. The number of carbonyl (C=O) groups is 1. The van der Waals surface area contributed by atoms with Crippen molar-refractivity contribution in [1.82, 2.24) is 0 Å². The van der Waals surface area contributed by atoms with Crippen LogP contribution in [0.25, 0.3) is 0 Å². The topological polar surface area (TPSA) is 26.3 Å². The predicted molar refractivity (Wildman–Crippen MR) is 47.2 cm³/mol. The number of esters is 1. The molecule has 1 aliphatic rings. The molecule has 0 aromatic rings. The van der Waals surface area contributed by atoms with Gasteiger partial charge in [-0.1, -0.05) is 29.5 Å². The van der Waals surface area contributed by atoms with Gasteiger partial charge in [-0.05, 0) is 12.3 Å². The normalized spacial score (nSPS) is 33.6. The number of halogens is 1. The van der Waals surface area contributed by atoms with Crippen molar-refractivity contribution in [2.24, 2.45) is 5.92 Å². The van der Waals surface area contributed by atoms with Crippen LogP contribution >= 0.6 is 22.6 Å². The summed E-state index contributed by atoms with van der Waals surface area (Å²) >= 11 is 2.25. The van der Waals surface area contributed by atoms with Crippen LogP contribution < -0.4 is 0 Å². The van der Waals surface area contributed by atoms with Crippen LogP contribution in [0.1, 0.15) is 19.8 Å². The Morgan fingerprint density at radius 1 is 1.80 bits per heavy atom. The number of ether oxygens (including phenoxy) is 1. The Kier molecular flexibility index (Phi) is 2.95. The van der Waals surface area contributed by atoms with Gasteiger partial charge in [0, 0.05) is 10.8 Å². The minimum Gasteiger partial charge on any atom is -0.462 e. The molecule has 10 heavy (non-hydrogen) atoms. The first kappa shape index (κ1) is 8.30. The van der Waals surface area contributed by atoms with Crippen molar-refractivity contribution in [2.45, 2.75) is 25.9 Å². The fourth-order valence-electron chi connectivity index (χ4n) is 1.19. The summed E-state index contributed by atoms with van der Waals surface area (Å²) < 4.78 is 5.98. The fourth-order valence-corrected chi connectivity index (χ4v) is 1.73. The van der Waals surface area contributed by atoms with Gasteiger partial charge in [-0.15, -0.1) is 0 Å². The van der Waals surface area contributed by atoms with Gasteiger partial charge in [0.15, 0.2) is 0 Å². The summed E-state index contributed by atoms with van der Waals surface area (Å²) in [5, 5.41) is 0. The van der Waals surface area contributed by atoms with Crippen LogP contribution in [0.2, 0.25) is 0 Å². The number of carbonyl (C=O) groups excluding carboxylic acids is 1. The highest BCUT2D eigenvalue weighted by Crippen LogP contribution is 2.21. The molecule has 1 heterocycles. The van der Waals surface area contributed by atoms with E-state index in [-0.39, 0.29) is 12.1 Å². The molecule has 1 fully saturated rings. The van der Waals surface area contributed by atoms with Gasteiger partial charge in [0.05, 0.1) is 0 Å². The van der Waals surface area contributed by atoms with E-state index in [1.54, 1.807) is 0 Å². The Labute approximate surface area is 74.5 Å². The summed E-state index contributed by atoms with van der Waals surface area (Å²) in [6, 6.07) is 0. The van der Waals surface area contributed by atoms with E-state index in [0.717, 1.165) is 10.8 Å². The van der Waals surface area contributed by atoms with E-state index in [2.05, 4.69) is 29.5 Å². The van der Waals surface area contributed by atoms with Crippen molar-refractivity contribution < 1.29 is 9.53 Å². The monoisotopic (exact) mass is 254 g/mol.